The summed E-state index contributed by atoms with van der Waals surface area (Å²) >= 11 is 1.22. The number of ether oxygens (including phenoxy) is 2. The first kappa shape index (κ1) is 16.4. The molecule has 24 heavy (non-hydrogen) atoms. The van der Waals surface area contributed by atoms with E-state index in [-0.39, 0.29) is 23.4 Å². The van der Waals surface area contributed by atoms with Crippen molar-refractivity contribution < 1.29 is 14.3 Å². The zero-order valence-electron chi connectivity index (χ0n) is 13.4. The van der Waals surface area contributed by atoms with E-state index in [0.717, 1.165) is 12.8 Å². The Morgan fingerprint density at radius 1 is 1.42 bits per heavy atom. The third-order valence-corrected chi connectivity index (χ3v) is 4.55. The van der Waals surface area contributed by atoms with Crippen LogP contribution >= 0.6 is 11.8 Å². The van der Waals surface area contributed by atoms with Crippen molar-refractivity contribution in [2.45, 2.75) is 24.0 Å². The Morgan fingerprint density at radius 3 is 2.88 bits per heavy atom. The summed E-state index contributed by atoms with van der Waals surface area (Å²) in [6.45, 7) is 0. The van der Waals surface area contributed by atoms with E-state index < -0.39 is 0 Å². The maximum atomic E-state index is 12.2. The van der Waals surface area contributed by atoms with Crippen molar-refractivity contribution in [3.05, 3.63) is 28.7 Å². The zero-order valence-corrected chi connectivity index (χ0v) is 14.2. The highest BCUT2D eigenvalue weighted by Gasteiger charge is 2.28. The highest BCUT2D eigenvalue weighted by atomic mass is 32.2. The average molecular weight is 350 g/mol. The van der Waals surface area contributed by atoms with Crippen molar-refractivity contribution in [3.63, 3.8) is 0 Å². The van der Waals surface area contributed by atoms with Gasteiger partial charge in [-0.1, -0.05) is 11.8 Å². The molecule has 1 heterocycles. The second-order valence-electron chi connectivity index (χ2n) is 5.32. The van der Waals surface area contributed by atoms with Crippen molar-refractivity contribution >= 4 is 23.4 Å². The van der Waals surface area contributed by atoms with Gasteiger partial charge in [0, 0.05) is 12.1 Å². The maximum Gasteiger partial charge on any atom is 0.344 e. The van der Waals surface area contributed by atoms with E-state index in [2.05, 4.69) is 15.5 Å². The van der Waals surface area contributed by atoms with Gasteiger partial charge in [0.2, 0.25) is 5.91 Å². The van der Waals surface area contributed by atoms with Gasteiger partial charge in [-0.3, -0.25) is 9.36 Å². The van der Waals surface area contributed by atoms with E-state index in [1.165, 1.54) is 18.9 Å². The van der Waals surface area contributed by atoms with E-state index in [1.54, 1.807) is 29.9 Å². The SMILES string of the molecule is COc1ccc(OC)c(NC(=O)CSc2n[nH]c(=O)n2C2CC2)c1. The van der Waals surface area contributed by atoms with Crippen LogP contribution in [0.1, 0.15) is 18.9 Å². The van der Waals surface area contributed by atoms with Crippen LogP contribution in [0.4, 0.5) is 5.69 Å². The quantitative estimate of drug-likeness (QED) is 0.737. The number of H-pyrrole nitrogens is 1. The van der Waals surface area contributed by atoms with Crippen molar-refractivity contribution in [2.75, 3.05) is 25.3 Å². The van der Waals surface area contributed by atoms with Gasteiger partial charge in [-0.05, 0) is 25.0 Å². The standard InChI is InChI=1S/C15H18N4O4S/c1-22-10-5-6-12(23-2)11(7-10)16-13(20)8-24-15-18-17-14(21)19(15)9-3-4-9/h5-7,9H,3-4,8H2,1-2H3,(H,16,20)(H,17,21). The predicted molar refractivity (Wildman–Crippen MR) is 90.0 cm³/mol. The van der Waals surface area contributed by atoms with Gasteiger partial charge in [0.25, 0.3) is 0 Å². The van der Waals surface area contributed by atoms with Crippen LogP contribution in [0.3, 0.4) is 0 Å². The summed E-state index contributed by atoms with van der Waals surface area (Å²) in [7, 11) is 3.09. The highest BCUT2D eigenvalue weighted by molar-refractivity contribution is 7.99. The molecule has 2 N–H and O–H groups in total. The fourth-order valence-electron chi connectivity index (χ4n) is 2.27. The summed E-state index contributed by atoms with van der Waals surface area (Å²) in [6, 6.07) is 5.37. The summed E-state index contributed by atoms with van der Waals surface area (Å²) in [5.74, 6) is 1.08. The molecule has 1 aliphatic carbocycles. The molecule has 0 spiro atoms. The zero-order chi connectivity index (χ0) is 17.1. The molecule has 0 aliphatic heterocycles. The van der Waals surface area contributed by atoms with Gasteiger partial charge >= 0.3 is 5.69 Å². The Hall–Kier alpha value is -2.42. The third-order valence-electron chi connectivity index (χ3n) is 3.60. The van der Waals surface area contributed by atoms with Crippen LogP contribution in [0.5, 0.6) is 11.5 Å². The number of amides is 1. The van der Waals surface area contributed by atoms with Crippen LogP contribution in [-0.2, 0) is 4.79 Å². The number of nitrogens with one attached hydrogen (secondary N) is 2. The van der Waals surface area contributed by atoms with Crippen LogP contribution in [0.2, 0.25) is 0 Å². The second-order valence-corrected chi connectivity index (χ2v) is 6.26. The monoisotopic (exact) mass is 350 g/mol. The molecule has 0 unspecified atom stereocenters. The van der Waals surface area contributed by atoms with Gasteiger partial charge in [0.05, 0.1) is 25.7 Å². The lowest BCUT2D eigenvalue weighted by molar-refractivity contribution is -0.113. The van der Waals surface area contributed by atoms with Crippen molar-refractivity contribution in [3.8, 4) is 11.5 Å². The highest BCUT2D eigenvalue weighted by Crippen LogP contribution is 2.36. The minimum Gasteiger partial charge on any atom is -0.497 e. The maximum absolute atomic E-state index is 12.2. The molecule has 9 heteroatoms. The van der Waals surface area contributed by atoms with Crippen LogP contribution in [-0.4, -0.2) is 40.6 Å². The predicted octanol–water partition coefficient (Wildman–Crippen LogP) is 1.65. The van der Waals surface area contributed by atoms with E-state index in [4.69, 9.17) is 9.47 Å². The molecule has 3 rings (SSSR count). The molecule has 0 atom stereocenters. The van der Waals surface area contributed by atoms with E-state index in [1.807, 2.05) is 0 Å². The van der Waals surface area contributed by atoms with Gasteiger partial charge < -0.3 is 14.8 Å². The Bertz CT molecular complexity index is 797. The van der Waals surface area contributed by atoms with Gasteiger partial charge in [0.15, 0.2) is 5.16 Å². The molecule has 0 bridgehead atoms. The summed E-state index contributed by atoms with van der Waals surface area (Å²) in [5, 5.41) is 9.74. The number of aromatic nitrogens is 3. The van der Waals surface area contributed by atoms with E-state index in [9.17, 15) is 9.59 Å². The Balaban J connectivity index is 1.65. The van der Waals surface area contributed by atoms with Crippen molar-refractivity contribution in [2.24, 2.45) is 0 Å². The number of carbonyl (C=O) groups excluding carboxylic acids is 1. The normalized spacial score (nSPS) is 13.6. The van der Waals surface area contributed by atoms with Gasteiger partial charge in [-0.2, -0.15) is 0 Å². The first-order valence-electron chi connectivity index (χ1n) is 7.44. The van der Waals surface area contributed by atoms with Crippen LogP contribution < -0.4 is 20.5 Å². The number of nitrogens with zero attached hydrogens (tertiary/aromatic N) is 2. The second kappa shape index (κ2) is 7.00. The molecule has 0 saturated heterocycles. The number of benzene rings is 1. The summed E-state index contributed by atoms with van der Waals surface area (Å²) < 4.78 is 12.0. The van der Waals surface area contributed by atoms with Crippen LogP contribution in [0.25, 0.3) is 0 Å². The molecular formula is C15H18N4O4S. The van der Waals surface area contributed by atoms with Crippen molar-refractivity contribution in [1.29, 1.82) is 0 Å². The number of thioether (sulfide) groups is 1. The topological polar surface area (TPSA) is 98.2 Å². The Labute approximate surface area is 142 Å². The molecule has 1 amide bonds. The number of methoxy groups -OCH3 is 2. The lowest BCUT2D eigenvalue weighted by atomic mass is 10.2. The molecule has 2 aromatic rings. The molecule has 8 nitrogen and oxygen atoms in total. The smallest absolute Gasteiger partial charge is 0.344 e. The largest absolute Gasteiger partial charge is 0.497 e. The number of aromatic amines is 1. The summed E-state index contributed by atoms with van der Waals surface area (Å²) in [4.78, 5) is 23.9. The van der Waals surface area contributed by atoms with E-state index in [0.29, 0.717) is 22.3 Å². The third kappa shape index (κ3) is 3.56. The molecule has 1 aromatic carbocycles. The Morgan fingerprint density at radius 2 is 2.21 bits per heavy atom. The first-order chi connectivity index (χ1) is 11.6. The number of hydrogen-bond donors (Lipinski definition) is 2. The first-order valence-corrected chi connectivity index (χ1v) is 8.42. The number of hydrogen-bond acceptors (Lipinski definition) is 6. The van der Waals surface area contributed by atoms with E-state index >= 15 is 0 Å². The lowest BCUT2D eigenvalue weighted by Crippen LogP contribution is -2.18. The molecule has 1 aromatic heterocycles. The number of carbonyl (C=O) groups is 1. The molecule has 128 valence electrons. The molecule has 1 fully saturated rings. The minimum atomic E-state index is -0.227. The summed E-state index contributed by atoms with van der Waals surface area (Å²) in [5.41, 5.74) is 0.305. The molecule has 1 aliphatic rings. The van der Waals surface area contributed by atoms with Crippen molar-refractivity contribution in [1.82, 2.24) is 14.8 Å². The average Bonchev–Trinajstić information content (AvgIpc) is 3.35. The Kier molecular flexibility index (Phi) is 4.79. The fraction of sp³-hybridized carbons (Fsp3) is 0.400. The minimum absolute atomic E-state index is 0.136. The lowest BCUT2D eigenvalue weighted by Gasteiger charge is -2.11. The van der Waals surface area contributed by atoms with Crippen LogP contribution in [0, 0.1) is 0 Å². The number of rotatable bonds is 7. The number of anilines is 1. The molecule has 0 radical (unpaired) electrons. The molecule has 1 saturated carbocycles. The van der Waals surface area contributed by atoms with Gasteiger partial charge in [0.1, 0.15) is 11.5 Å². The van der Waals surface area contributed by atoms with Gasteiger partial charge in [-0.15, -0.1) is 5.10 Å². The molecular weight excluding hydrogens is 332 g/mol. The summed E-state index contributed by atoms with van der Waals surface area (Å²) in [6.07, 6.45) is 1.94. The van der Waals surface area contributed by atoms with Gasteiger partial charge in [-0.25, -0.2) is 9.89 Å². The fourth-order valence-corrected chi connectivity index (χ4v) is 3.09. The van der Waals surface area contributed by atoms with Crippen LogP contribution in [0.15, 0.2) is 28.2 Å².